The second-order valence-electron chi connectivity index (χ2n) is 11.5. The predicted octanol–water partition coefficient (Wildman–Crippen LogP) is 11.1. The van der Waals surface area contributed by atoms with E-state index in [1.54, 1.807) is 0 Å². The lowest BCUT2D eigenvalue weighted by molar-refractivity contribution is 0.669. The third kappa shape index (κ3) is 3.18. The van der Waals surface area contributed by atoms with Crippen molar-refractivity contribution < 1.29 is 4.42 Å². The molecule has 0 spiro atoms. The Labute approximate surface area is 253 Å². The van der Waals surface area contributed by atoms with E-state index in [9.17, 15) is 0 Å². The maximum Gasteiger partial charge on any atom is 0.145 e. The van der Waals surface area contributed by atoms with Gasteiger partial charge in [0.15, 0.2) is 0 Å². The van der Waals surface area contributed by atoms with Crippen LogP contribution in [0.4, 0.5) is 0 Å². The zero-order chi connectivity index (χ0) is 28.8. The van der Waals surface area contributed by atoms with Gasteiger partial charge in [-0.25, -0.2) is 4.98 Å². The van der Waals surface area contributed by atoms with Crippen LogP contribution in [0.2, 0.25) is 0 Å². The summed E-state index contributed by atoms with van der Waals surface area (Å²) in [5, 5.41) is 4.92. The minimum atomic E-state index is 0.929. The highest BCUT2D eigenvalue weighted by Gasteiger charge is 2.27. The number of aromatic nitrogens is 2. The number of hydrogen-bond acceptors (Lipinski definition) is 2. The molecule has 0 bridgehead atoms. The van der Waals surface area contributed by atoms with E-state index in [0.29, 0.717) is 0 Å². The third-order valence-corrected chi connectivity index (χ3v) is 9.15. The van der Waals surface area contributed by atoms with Gasteiger partial charge in [0.1, 0.15) is 17.0 Å². The molecule has 0 saturated carbocycles. The smallest absolute Gasteiger partial charge is 0.145 e. The first-order chi connectivity index (χ1) is 21.8. The summed E-state index contributed by atoms with van der Waals surface area (Å²) in [5.74, 6) is 0.942. The number of hydrogen-bond donors (Lipinski definition) is 0. The van der Waals surface area contributed by atoms with Crippen LogP contribution in [-0.2, 0) is 0 Å². The van der Waals surface area contributed by atoms with E-state index in [4.69, 9.17) is 9.40 Å². The van der Waals surface area contributed by atoms with Crippen molar-refractivity contribution in [3.05, 3.63) is 146 Å². The van der Waals surface area contributed by atoms with E-state index < -0.39 is 0 Å². The molecule has 3 heteroatoms. The highest BCUT2D eigenvalue weighted by Crippen LogP contribution is 2.53. The van der Waals surface area contributed by atoms with Crippen LogP contribution >= 0.6 is 0 Å². The number of para-hydroxylation sites is 3. The average molecular weight is 561 g/mol. The van der Waals surface area contributed by atoms with Gasteiger partial charge in [0.2, 0.25) is 0 Å². The van der Waals surface area contributed by atoms with Crippen molar-refractivity contribution >= 4 is 43.7 Å². The molecular formula is C41H24N2O. The lowest BCUT2D eigenvalue weighted by Crippen LogP contribution is -1.97. The quantitative estimate of drug-likeness (QED) is 0.215. The molecule has 0 fully saturated rings. The molecule has 2 heterocycles. The Kier molecular flexibility index (Phi) is 4.72. The van der Waals surface area contributed by atoms with Gasteiger partial charge in [-0.15, -0.1) is 0 Å². The lowest BCUT2D eigenvalue weighted by Gasteiger charge is -2.13. The first-order valence-electron chi connectivity index (χ1n) is 15.0. The Balaban J connectivity index is 1.16. The van der Waals surface area contributed by atoms with Gasteiger partial charge in [0.25, 0.3) is 0 Å². The topological polar surface area (TPSA) is 31.0 Å². The molecule has 44 heavy (non-hydrogen) atoms. The number of nitrogens with zero attached hydrogens (tertiary/aromatic N) is 2. The molecule has 1 aliphatic rings. The van der Waals surface area contributed by atoms with Gasteiger partial charge in [-0.2, -0.15) is 0 Å². The first kappa shape index (κ1) is 23.6. The van der Waals surface area contributed by atoms with Crippen molar-refractivity contribution in [2.75, 3.05) is 0 Å². The Morgan fingerprint density at radius 2 is 1.20 bits per heavy atom. The lowest BCUT2D eigenvalue weighted by atomic mass is 9.93. The zero-order valence-electron chi connectivity index (χ0n) is 23.7. The van der Waals surface area contributed by atoms with Crippen molar-refractivity contribution in [3.63, 3.8) is 0 Å². The maximum atomic E-state index is 6.42. The zero-order valence-corrected chi connectivity index (χ0v) is 23.7. The summed E-state index contributed by atoms with van der Waals surface area (Å²) in [6.45, 7) is 0. The molecule has 0 atom stereocenters. The van der Waals surface area contributed by atoms with E-state index in [1.807, 2.05) is 18.2 Å². The second kappa shape index (κ2) is 8.79. The normalized spacial score (nSPS) is 12.1. The molecule has 3 nitrogen and oxygen atoms in total. The standard InChI is InChI=1S/C41H24N2O/c1-2-10-26(11-3-1)41-42-34-17-5-6-18-35(34)43(41)27-22-20-25(21-23-27)28-13-8-14-29-30-15-9-16-32-39(30)33(38(28)29)24-37-40(32)31-12-4-7-19-36(31)44-37/h1-24H. The molecule has 0 unspecified atom stereocenters. The largest absolute Gasteiger partial charge is 0.456 e. The van der Waals surface area contributed by atoms with Crippen molar-refractivity contribution in [1.29, 1.82) is 0 Å². The van der Waals surface area contributed by atoms with E-state index in [-0.39, 0.29) is 0 Å². The average Bonchev–Trinajstić information content (AvgIpc) is 3.76. The van der Waals surface area contributed by atoms with Gasteiger partial charge >= 0.3 is 0 Å². The van der Waals surface area contributed by atoms with Crippen LogP contribution in [0.3, 0.4) is 0 Å². The second-order valence-corrected chi connectivity index (χ2v) is 11.5. The van der Waals surface area contributed by atoms with Crippen molar-refractivity contribution in [2.24, 2.45) is 0 Å². The summed E-state index contributed by atoms with van der Waals surface area (Å²) in [6.07, 6.45) is 0. The summed E-state index contributed by atoms with van der Waals surface area (Å²) in [4.78, 5) is 5.03. The Morgan fingerprint density at radius 1 is 0.477 bits per heavy atom. The van der Waals surface area contributed by atoms with Crippen molar-refractivity contribution in [3.8, 4) is 50.5 Å². The van der Waals surface area contributed by atoms with Gasteiger partial charge in [-0.3, -0.25) is 4.57 Å². The molecule has 2 aromatic heterocycles. The summed E-state index contributed by atoms with van der Waals surface area (Å²) < 4.78 is 8.68. The van der Waals surface area contributed by atoms with Gasteiger partial charge in [-0.1, -0.05) is 109 Å². The number of furan rings is 1. The molecule has 10 rings (SSSR count). The molecule has 0 N–H and O–H groups in total. The van der Waals surface area contributed by atoms with E-state index in [2.05, 4.69) is 132 Å². The Morgan fingerprint density at radius 3 is 2.11 bits per heavy atom. The Bertz CT molecular complexity index is 2590. The summed E-state index contributed by atoms with van der Waals surface area (Å²) in [5.41, 5.74) is 13.6. The molecule has 0 aliphatic heterocycles. The summed E-state index contributed by atoms with van der Waals surface area (Å²) in [7, 11) is 0. The SMILES string of the molecule is c1ccc(-c2nc3ccccc3n2-c2ccc(-c3cccc4c3-c3cc5oc6ccccc6c5c5cccc-4c35)cc2)cc1. The number of benzene rings is 7. The minimum absolute atomic E-state index is 0.929. The molecule has 0 saturated heterocycles. The third-order valence-electron chi connectivity index (χ3n) is 9.15. The molecule has 9 aromatic rings. The summed E-state index contributed by atoms with van der Waals surface area (Å²) >= 11 is 0. The molecule has 0 amide bonds. The van der Waals surface area contributed by atoms with Crippen molar-refractivity contribution in [1.82, 2.24) is 9.55 Å². The monoisotopic (exact) mass is 560 g/mol. The van der Waals surface area contributed by atoms with Gasteiger partial charge in [0, 0.05) is 22.0 Å². The summed E-state index contributed by atoms with van der Waals surface area (Å²) in [6, 6.07) is 51.7. The van der Waals surface area contributed by atoms with Crippen molar-refractivity contribution in [2.45, 2.75) is 0 Å². The highest BCUT2D eigenvalue weighted by molar-refractivity contribution is 6.28. The molecular weight excluding hydrogens is 536 g/mol. The van der Waals surface area contributed by atoms with Crippen LogP contribution in [0.1, 0.15) is 0 Å². The molecule has 0 radical (unpaired) electrons. The van der Waals surface area contributed by atoms with Crippen LogP contribution in [-0.4, -0.2) is 9.55 Å². The highest BCUT2D eigenvalue weighted by atomic mass is 16.3. The first-order valence-corrected chi connectivity index (χ1v) is 15.0. The van der Waals surface area contributed by atoms with Crippen LogP contribution < -0.4 is 0 Å². The fourth-order valence-electron chi connectivity index (χ4n) is 7.29. The predicted molar refractivity (Wildman–Crippen MR) is 181 cm³/mol. The fourth-order valence-corrected chi connectivity index (χ4v) is 7.29. The molecule has 1 aliphatic carbocycles. The van der Waals surface area contributed by atoms with E-state index in [1.165, 1.54) is 54.9 Å². The van der Waals surface area contributed by atoms with Gasteiger partial charge in [0.05, 0.1) is 11.0 Å². The number of rotatable bonds is 3. The van der Waals surface area contributed by atoms with Crippen LogP contribution in [0.5, 0.6) is 0 Å². The number of fused-ring (bicyclic) bond motifs is 8. The van der Waals surface area contributed by atoms with E-state index >= 15 is 0 Å². The van der Waals surface area contributed by atoms with E-state index in [0.717, 1.165) is 39.3 Å². The maximum absolute atomic E-state index is 6.42. The van der Waals surface area contributed by atoms with Gasteiger partial charge in [-0.05, 0) is 80.6 Å². The van der Waals surface area contributed by atoms with Crippen LogP contribution in [0.25, 0.3) is 94.2 Å². The Hall–Kier alpha value is -5.93. The van der Waals surface area contributed by atoms with Crippen LogP contribution in [0.15, 0.2) is 150 Å². The fraction of sp³-hybridized carbons (Fsp3) is 0. The molecule has 7 aromatic carbocycles. The minimum Gasteiger partial charge on any atom is -0.456 e. The molecule has 204 valence electrons. The number of imidazole rings is 1. The van der Waals surface area contributed by atoms with Gasteiger partial charge < -0.3 is 4.42 Å². The van der Waals surface area contributed by atoms with Crippen LogP contribution in [0, 0.1) is 0 Å².